The van der Waals surface area contributed by atoms with E-state index in [0.717, 1.165) is 13.0 Å². The molecule has 80 valence electrons. The summed E-state index contributed by atoms with van der Waals surface area (Å²) in [5, 5.41) is 0. The van der Waals surface area contributed by atoms with Gasteiger partial charge >= 0.3 is 0 Å². The topological polar surface area (TPSA) is 38.5 Å². The minimum Gasteiger partial charge on any atom is -0.373 e. The first kappa shape index (κ1) is 13.2. The quantitative estimate of drug-likeness (QED) is 0.703. The molecule has 3 heteroatoms. The highest BCUT2D eigenvalue weighted by atomic mass is 35.5. The lowest BCUT2D eigenvalue weighted by atomic mass is 9.82. The van der Waals surface area contributed by atoms with E-state index >= 15 is 0 Å². The molecule has 0 radical (unpaired) electrons. The maximum atomic E-state index is 6.09. The monoisotopic (exact) mass is 207 g/mol. The van der Waals surface area contributed by atoms with Gasteiger partial charge in [-0.15, -0.1) is 12.4 Å². The van der Waals surface area contributed by atoms with Crippen molar-refractivity contribution in [1.29, 1.82) is 0 Å². The molecule has 0 aromatic carbocycles. The highest BCUT2D eigenvalue weighted by Crippen LogP contribution is 2.29. The number of halogens is 1. The Kier molecular flexibility index (Phi) is 5.26. The molecule has 0 saturated carbocycles. The van der Waals surface area contributed by atoms with Crippen molar-refractivity contribution in [2.24, 2.45) is 11.7 Å². The van der Waals surface area contributed by atoms with Crippen LogP contribution in [0.4, 0.5) is 0 Å². The van der Waals surface area contributed by atoms with E-state index in [9.17, 15) is 0 Å². The summed E-state index contributed by atoms with van der Waals surface area (Å²) in [6, 6.07) is 0. The molecule has 1 aliphatic heterocycles. The molecule has 2 atom stereocenters. The molecule has 0 amide bonds. The Morgan fingerprint density at radius 3 is 2.38 bits per heavy atom. The summed E-state index contributed by atoms with van der Waals surface area (Å²) in [5.74, 6) is 0.620. The van der Waals surface area contributed by atoms with Crippen LogP contribution >= 0.6 is 12.4 Å². The summed E-state index contributed by atoms with van der Waals surface area (Å²) in [5.41, 5.74) is 6.05. The third kappa shape index (κ3) is 4.84. The zero-order valence-electron chi connectivity index (χ0n) is 8.88. The highest BCUT2D eigenvalue weighted by molar-refractivity contribution is 5.85. The van der Waals surface area contributed by atoms with Gasteiger partial charge in [0.25, 0.3) is 0 Å². The third-order valence-electron chi connectivity index (χ3n) is 2.64. The predicted octanol–water partition coefficient (Wildman–Crippen LogP) is 2.35. The summed E-state index contributed by atoms with van der Waals surface area (Å²) >= 11 is 0. The molecule has 2 nitrogen and oxygen atoms in total. The SMILES string of the molecule is CCCC(CC1CO1)C(C)(C)N.Cl. The maximum absolute atomic E-state index is 6.09. The molecule has 1 fully saturated rings. The van der Waals surface area contributed by atoms with Gasteiger partial charge in [-0.1, -0.05) is 13.3 Å². The Bertz CT molecular complexity index is 140. The van der Waals surface area contributed by atoms with Gasteiger partial charge in [-0.3, -0.25) is 0 Å². The first-order valence-electron chi connectivity index (χ1n) is 4.94. The van der Waals surface area contributed by atoms with Crippen LogP contribution in [-0.4, -0.2) is 18.2 Å². The summed E-state index contributed by atoms with van der Waals surface area (Å²) in [7, 11) is 0. The van der Waals surface area contributed by atoms with Crippen molar-refractivity contribution < 1.29 is 4.74 Å². The number of rotatable bonds is 5. The van der Waals surface area contributed by atoms with Crippen LogP contribution in [0.15, 0.2) is 0 Å². The molecule has 2 N–H and O–H groups in total. The largest absolute Gasteiger partial charge is 0.373 e. The number of hydrogen-bond acceptors (Lipinski definition) is 2. The van der Waals surface area contributed by atoms with Crippen LogP contribution < -0.4 is 5.73 Å². The lowest BCUT2D eigenvalue weighted by Crippen LogP contribution is -2.41. The van der Waals surface area contributed by atoms with Crippen LogP contribution in [0.3, 0.4) is 0 Å². The first-order chi connectivity index (χ1) is 5.54. The van der Waals surface area contributed by atoms with Crippen molar-refractivity contribution in [3.05, 3.63) is 0 Å². The minimum absolute atomic E-state index is 0. The van der Waals surface area contributed by atoms with Gasteiger partial charge in [0.2, 0.25) is 0 Å². The van der Waals surface area contributed by atoms with E-state index in [1.807, 2.05) is 0 Å². The fourth-order valence-electron chi connectivity index (χ4n) is 1.66. The minimum atomic E-state index is -0.0397. The maximum Gasteiger partial charge on any atom is 0.0813 e. The molecule has 1 saturated heterocycles. The van der Waals surface area contributed by atoms with Crippen molar-refractivity contribution in [3.63, 3.8) is 0 Å². The lowest BCUT2D eigenvalue weighted by Gasteiger charge is -2.30. The van der Waals surface area contributed by atoms with E-state index in [0.29, 0.717) is 12.0 Å². The van der Waals surface area contributed by atoms with E-state index in [4.69, 9.17) is 10.5 Å². The Labute approximate surface area is 87.6 Å². The van der Waals surface area contributed by atoms with Gasteiger partial charge in [0.05, 0.1) is 12.7 Å². The summed E-state index contributed by atoms with van der Waals surface area (Å²) in [4.78, 5) is 0. The first-order valence-corrected chi connectivity index (χ1v) is 4.94. The van der Waals surface area contributed by atoms with E-state index in [2.05, 4.69) is 20.8 Å². The van der Waals surface area contributed by atoms with Gasteiger partial charge in [-0.2, -0.15) is 0 Å². The van der Waals surface area contributed by atoms with E-state index in [1.165, 1.54) is 12.8 Å². The second kappa shape index (κ2) is 5.18. The van der Waals surface area contributed by atoms with Crippen LogP contribution in [0.2, 0.25) is 0 Å². The summed E-state index contributed by atoms with van der Waals surface area (Å²) < 4.78 is 5.22. The summed E-state index contributed by atoms with van der Waals surface area (Å²) in [6.07, 6.45) is 4.11. The van der Waals surface area contributed by atoms with Gasteiger partial charge in [0.15, 0.2) is 0 Å². The van der Waals surface area contributed by atoms with Gasteiger partial charge < -0.3 is 10.5 Å². The third-order valence-corrected chi connectivity index (χ3v) is 2.64. The molecule has 0 aliphatic carbocycles. The Hall–Kier alpha value is 0.210. The van der Waals surface area contributed by atoms with Gasteiger partial charge in [-0.05, 0) is 32.6 Å². The van der Waals surface area contributed by atoms with E-state index < -0.39 is 0 Å². The molecule has 0 aromatic heterocycles. The predicted molar refractivity (Wildman–Crippen MR) is 58.3 cm³/mol. The molecule has 0 aromatic rings. The fourth-order valence-corrected chi connectivity index (χ4v) is 1.66. The molecule has 1 aliphatic rings. The van der Waals surface area contributed by atoms with Crippen LogP contribution in [-0.2, 0) is 4.74 Å². The Morgan fingerprint density at radius 2 is 2.08 bits per heavy atom. The Balaban J connectivity index is 0.00000144. The molecule has 1 rings (SSSR count). The van der Waals surface area contributed by atoms with Crippen LogP contribution in [0.5, 0.6) is 0 Å². The molecule has 0 spiro atoms. The zero-order chi connectivity index (χ0) is 9.19. The number of hydrogen-bond donors (Lipinski definition) is 1. The highest BCUT2D eigenvalue weighted by Gasteiger charge is 2.32. The van der Waals surface area contributed by atoms with E-state index in [-0.39, 0.29) is 17.9 Å². The lowest BCUT2D eigenvalue weighted by molar-refractivity contribution is 0.250. The number of nitrogens with two attached hydrogens (primary N) is 1. The van der Waals surface area contributed by atoms with Gasteiger partial charge in [0.1, 0.15) is 0 Å². The van der Waals surface area contributed by atoms with Crippen LogP contribution in [0, 0.1) is 5.92 Å². The Morgan fingerprint density at radius 1 is 1.54 bits per heavy atom. The molecule has 2 unspecified atom stereocenters. The summed E-state index contributed by atoms with van der Waals surface area (Å²) in [6.45, 7) is 7.41. The number of ether oxygens (including phenoxy) is 1. The normalized spacial score (nSPS) is 23.5. The molecule has 1 heterocycles. The fraction of sp³-hybridized carbons (Fsp3) is 1.00. The standard InChI is InChI=1S/C10H21NO.ClH/c1-4-5-8(10(2,3)11)6-9-7-12-9;/h8-9H,4-7,11H2,1-3H3;1H. The smallest absolute Gasteiger partial charge is 0.0813 e. The van der Waals surface area contributed by atoms with Crippen molar-refractivity contribution in [2.45, 2.75) is 51.7 Å². The average Bonchev–Trinajstić information content (AvgIpc) is 2.68. The van der Waals surface area contributed by atoms with Crippen molar-refractivity contribution in [1.82, 2.24) is 0 Å². The van der Waals surface area contributed by atoms with Crippen LogP contribution in [0.25, 0.3) is 0 Å². The molecular weight excluding hydrogens is 186 g/mol. The molecule has 13 heavy (non-hydrogen) atoms. The van der Waals surface area contributed by atoms with Crippen molar-refractivity contribution >= 4 is 12.4 Å². The molecular formula is C10H22ClNO. The van der Waals surface area contributed by atoms with Crippen molar-refractivity contribution in [2.75, 3.05) is 6.61 Å². The van der Waals surface area contributed by atoms with Crippen LogP contribution in [0.1, 0.15) is 40.0 Å². The second-order valence-electron chi connectivity index (χ2n) is 4.50. The number of epoxide rings is 1. The zero-order valence-corrected chi connectivity index (χ0v) is 9.69. The van der Waals surface area contributed by atoms with Gasteiger partial charge in [0, 0.05) is 5.54 Å². The second-order valence-corrected chi connectivity index (χ2v) is 4.50. The van der Waals surface area contributed by atoms with Crippen molar-refractivity contribution in [3.8, 4) is 0 Å². The molecule has 0 bridgehead atoms. The van der Waals surface area contributed by atoms with Gasteiger partial charge in [-0.25, -0.2) is 0 Å². The average molecular weight is 208 g/mol. The van der Waals surface area contributed by atoms with E-state index in [1.54, 1.807) is 0 Å².